The van der Waals surface area contributed by atoms with Gasteiger partial charge in [-0.25, -0.2) is 0 Å². The van der Waals surface area contributed by atoms with Gasteiger partial charge in [-0.1, -0.05) is 6.92 Å². The van der Waals surface area contributed by atoms with Gasteiger partial charge in [-0.15, -0.1) is 0 Å². The topological polar surface area (TPSA) is 44.8 Å². The molecule has 0 aromatic rings. The molecule has 18 heavy (non-hydrogen) atoms. The molecule has 2 heterocycles. The van der Waals surface area contributed by atoms with Crippen LogP contribution in [0, 0.1) is 5.92 Å². The van der Waals surface area contributed by atoms with E-state index in [1.807, 2.05) is 4.90 Å². The zero-order valence-corrected chi connectivity index (χ0v) is 11.4. The number of hydrogen-bond donors (Lipinski definition) is 1. The van der Waals surface area contributed by atoms with Crippen molar-refractivity contribution in [1.29, 1.82) is 0 Å². The van der Waals surface area contributed by atoms with Gasteiger partial charge in [-0.3, -0.25) is 9.69 Å². The molecule has 104 valence electrons. The van der Waals surface area contributed by atoms with Gasteiger partial charge < -0.3 is 15.0 Å². The first-order valence-corrected chi connectivity index (χ1v) is 7.04. The molecule has 0 bridgehead atoms. The van der Waals surface area contributed by atoms with Gasteiger partial charge in [-0.2, -0.15) is 0 Å². The summed E-state index contributed by atoms with van der Waals surface area (Å²) in [7, 11) is 0. The largest absolute Gasteiger partial charge is 0.379 e. The van der Waals surface area contributed by atoms with Crippen molar-refractivity contribution < 1.29 is 9.53 Å². The number of amides is 1. The van der Waals surface area contributed by atoms with Gasteiger partial charge in [0, 0.05) is 45.7 Å². The van der Waals surface area contributed by atoms with Crippen LogP contribution in [0.1, 0.15) is 13.3 Å². The highest BCUT2D eigenvalue weighted by atomic mass is 16.5. The summed E-state index contributed by atoms with van der Waals surface area (Å²) in [6.45, 7) is 10.4. The van der Waals surface area contributed by atoms with E-state index in [4.69, 9.17) is 4.74 Å². The van der Waals surface area contributed by atoms with E-state index < -0.39 is 0 Å². The molecule has 5 nitrogen and oxygen atoms in total. The standard InChI is InChI=1S/C13H25N3O2/c1-12-10-14-3-2-13(17)16(11-12)5-4-15-6-8-18-9-7-15/h12,14H,2-11H2,1H3. The average molecular weight is 255 g/mol. The van der Waals surface area contributed by atoms with Gasteiger partial charge in [-0.05, 0) is 12.5 Å². The van der Waals surface area contributed by atoms with Crippen molar-refractivity contribution >= 4 is 5.91 Å². The lowest BCUT2D eigenvalue weighted by molar-refractivity contribution is -0.132. The van der Waals surface area contributed by atoms with Crippen molar-refractivity contribution in [2.75, 3.05) is 59.0 Å². The fourth-order valence-electron chi connectivity index (χ4n) is 2.55. The number of nitrogens with one attached hydrogen (secondary N) is 1. The van der Waals surface area contributed by atoms with Crippen molar-refractivity contribution in [3.05, 3.63) is 0 Å². The molecule has 0 spiro atoms. The molecule has 2 fully saturated rings. The molecule has 0 aliphatic carbocycles. The Kier molecular flexibility index (Phi) is 5.41. The molecule has 0 radical (unpaired) electrons. The third-order valence-corrected chi connectivity index (χ3v) is 3.68. The molecule has 2 rings (SSSR count). The fraction of sp³-hybridized carbons (Fsp3) is 0.923. The van der Waals surface area contributed by atoms with Crippen molar-refractivity contribution in [3.63, 3.8) is 0 Å². The zero-order chi connectivity index (χ0) is 12.8. The Morgan fingerprint density at radius 1 is 1.33 bits per heavy atom. The molecule has 2 aliphatic rings. The monoisotopic (exact) mass is 255 g/mol. The maximum Gasteiger partial charge on any atom is 0.223 e. The average Bonchev–Trinajstić information content (AvgIpc) is 2.39. The molecule has 2 saturated heterocycles. The molecule has 1 amide bonds. The Morgan fingerprint density at radius 3 is 2.89 bits per heavy atom. The Morgan fingerprint density at radius 2 is 2.11 bits per heavy atom. The smallest absolute Gasteiger partial charge is 0.223 e. The summed E-state index contributed by atoms with van der Waals surface area (Å²) in [5.74, 6) is 0.834. The highest BCUT2D eigenvalue weighted by Crippen LogP contribution is 2.06. The highest BCUT2D eigenvalue weighted by molar-refractivity contribution is 5.76. The Bertz CT molecular complexity index is 267. The van der Waals surface area contributed by atoms with Crippen LogP contribution in [-0.4, -0.2) is 74.7 Å². The van der Waals surface area contributed by atoms with Crippen LogP contribution >= 0.6 is 0 Å². The van der Waals surface area contributed by atoms with Crippen LogP contribution in [0.4, 0.5) is 0 Å². The molecule has 0 aromatic carbocycles. The van der Waals surface area contributed by atoms with Crippen LogP contribution in [-0.2, 0) is 9.53 Å². The van der Waals surface area contributed by atoms with Crippen LogP contribution in [0.2, 0.25) is 0 Å². The van der Waals surface area contributed by atoms with E-state index in [0.717, 1.165) is 59.0 Å². The van der Waals surface area contributed by atoms with Gasteiger partial charge in [0.25, 0.3) is 0 Å². The van der Waals surface area contributed by atoms with Gasteiger partial charge in [0.15, 0.2) is 0 Å². The second-order valence-corrected chi connectivity index (χ2v) is 5.35. The van der Waals surface area contributed by atoms with E-state index in [2.05, 4.69) is 17.1 Å². The minimum absolute atomic E-state index is 0.294. The maximum atomic E-state index is 12.0. The van der Waals surface area contributed by atoms with Crippen molar-refractivity contribution in [2.45, 2.75) is 13.3 Å². The van der Waals surface area contributed by atoms with Crippen molar-refractivity contribution in [2.24, 2.45) is 5.92 Å². The van der Waals surface area contributed by atoms with Crippen molar-refractivity contribution in [1.82, 2.24) is 15.1 Å². The quantitative estimate of drug-likeness (QED) is 0.757. The number of morpholine rings is 1. The van der Waals surface area contributed by atoms with Crippen LogP contribution in [0.5, 0.6) is 0 Å². The molecular weight excluding hydrogens is 230 g/mol. The molecule has 2 aliphatic heterocycles. The molecule has 5 heteroatoms. The van der Waals surface area contributed by atoms with E-state index in [1.165, 1.54) is 0 Å². The SMILES string of the molecule is CC1CNCCC(=O)N(CCN2CCOCC2)C1. The van der Waals surface area contributed by atoms with E-state index in [-0.39, 0.29) is 0 Å². The summed E-state index contributed by atoms with van der Waals surface area (Å²) in [5, 5.41) is 3.32. The predicted octanol–water partition coefficient (Wildman–Crippen LogP) is -0.223. The van der Waals surface area contributed by atoms with Gasteiger partial charge >= 0.3 is 0 Å². The molecule has 0 aromatic heterocycles. The van der Waals surface area contributed by atoms with Crippen LogP contribution in [0.25, 0.3) is 0 Å². The first-order chi connectivity index (χ1) is 8.75. The summed E-state index contributed by atoms with van der Waals surface area (Å²) in [4.78, 5) is 16.5. The molecule has 1 N–H and O–H groups in total. The number of carbonyl (C=O) groups is 1. The second-order valence-electron chi connectivity index (χ2n) is 5.35. The third kappa shape index (κ3) is 4.23. The summed E-state index contributed by atoms with van der Waals surface area (Å²) in [5.41, 5.74) is 0. The Balaban J connectivity index is 1.78. The van der Waals surface area contributed by atoms with Gasteiger partial charge in [0.2, 0.25) is 5.91 Å². The lowest BCUT2D eigenvalue weighted by Crippen LogP contribution is -2.47. The van der Waals surface area contributed by atoms with E-state index in [1.54, 1.807) is 0 Å². The first-order valence-electron chi connectivity index (χ1n) is 7.04. The van der Waals surface area contributed by atoms with E-state index >= 15 is 0 Å². The predicted molar refractivity (Wildman–Crippen MR) is 70.5 cm³/mol. The number of rotatable bonds is 3. The van der Waals surface area contributed by atoms with Crippen molar-refractivity contribution in [3.8, 4) is 0 Å². The summed E-state index contributed by atoms with van der Waals surface area (Å²) >= 11 is 0. The van der Waals surface area contributed by atoms with Gasteiger partial charge in [0.05, 0.1) is 13.2 Å². The molecule has 1 unspecified atom stereocenters. The number of carbonyl (C=O) groups excluding carboxylic acids is 1. The lowest BCUT2D eigenvalue weighted by Gasteiger charge is -2.32. The van der Waals surface area contributed by atoms with Crippen LogP contribution in [0.15, 0.2) is 0 Å². The summed E-state index contributed by atoms with van der Waals surface area (Å²) in [6.07, 6.45) is 0.635. The number of hydrogen-bond acceptors (Lipinski definition) is 4. The third-order valence-electron chi connectivity index (χ3n) is 3.68. The Hall–Kier alpha value is -0.650. The lowest BCUT2D eigenvalue weighted by atomic mass is 10.1. The normalized spacial score (nSPS) is 27.9. The molecule has 1 atom stereocenters. The number of nitrogens with zero attached hydrogens (tertiary/aromatic N) is 2. The zero-order valence-electron chi connectivity index (χ0n) is 11.4. The minimum Gasteiger partial charge on any atom is -0.379 e. The van der Waals surface area contributed by atoms with E-state index in [9.17, 15) is 4.79 Å². The summed E-state index contributed by atoms with van der Waals surface area (Å²) in [6, 6.07) is 0. The van der Waals surface area contributed by atoms with Crippen LogP contribution in [0.3, 0.4) is 0 Å². The molecule has 0 saturated carbocycles. The first kappa shape index (κ1) is 13.8. The minimum atomic E-state index is 0.294. The summed E-state index contributed by atoms with van der Waals surface area (Å²) < 4.78 is 5.34. The van der Waals surface area contributed by atoms with E-state index in [0.29, 0.717) is 18.2 Å². The fourth-order valence-corrected chi connectivity index (χ4v) is 2.55. The van der Waals surface area contributed by atoms with Crippen LogP contribution < -0.4 is 5.32 Å². The highest BCUT2D eigenvalue weighted by Gasteiger charge is 2.20. The maximum absolute atomic E-state index is 12.0. The second kappa shape index (κ2) is 7.07. The van der Waals surface area contributed by atoms with Gasteiger partial charge in [0.1, 0.15) is 0 Å². The Labute approximate surface area is 109 Å². The molecular formula is C13H25N3O2. The number of ether oxygens (including phenoxy) is 1.